The average molecular weight is 728 g/mol. The SMILES string of the molecule is CCc1c(C[NH3+])c(CC)c(CNC2=[NH+]CCN2)c(CC)c1CNC1=[NH+]CCN1.O=C([O-])C(F)(F)F.O=C([O-])C(F)(F)F.O=C([O-])C(F)(F)F. The van der Waals surface area contributed by atoms with Crippen molar-refractivity contribution in [3.05, 3.63) is 33.4 Å². The third-order valence-corrected chi connectivity index (χ3v) is 6.53. The predicted octanol–water partition coefficient (Wildman–Crippen LogP) is -5.73. The van der Waals surface area contributed by atoms with Gasteiger partial charge in [-0.25, -0.2) is 0 Å². The predicted molar refractivity (Wildman–Crippen MR) is 146 cm³/mol. The molecule has 0 spiro atoms. The van der Waals surface area contributed by atoms with Gasteiger partial charge in [0.2, 0.25) is 0 Å². The number of nitrogens with one attached hydrogen (secondary N) is 6. The van der Waals surface area contributed by atoms with Gasteiger partial charge < -0.3 is 35.4 Å². The second-order valence-corrected chi connectivity index (χ2v) is 9.70. The summed E-state index contributed by atoms with van der Waals surface area (Å²) in [4.78, 5) is 33.1. The maximum atomic E-state index is 10.5. The molecule has 0 saturated carbocycles. The lowest BCUT2D eigenvalue weighted by Gasteiger charge is -2.24. The summed E-state index contributed by atoms with van der Waals surface area (Å²) < 4.78 is 94.6. The molecule has 0 aromatic heterocycles. The first-order chi connectivity index (χ1) is 22.6. The molecule has 0 atom stereocenters. The van der Waals surface area contributed by atoms with Crippen molar-refractivity contribution >= 4 is 29.8 Å². The fraction of sp³-hybridized carbons (Fsp3) is 0.593. The fourth-order valence-electron chi connectivity index (χ4n) is 4.58. The minimum Gasteiger partial charge on any atom is -0.542 e. The molecule has 1 aromatic rings. The van der Waals surface area contributed by atoms with E-state index in [0.29, 0.717) is 0 Å². The molecule has 9 N–H and O–H groups in total. The average Bonchev–Trinajstić information content (AvgIpc) is 3.72. The topological polar surface area (TPSA) is 224 Å². The molecule has 0 aliphatic carbocycles. The summed E-state index contributed by atoms with van der Waals surface area (Å²) in [5, 5.41) is 40.3. The Morgan fingerprint density at radius 2 is 0.878 bits per heavy atom. The molecule has 0 amide bonds. The first kappa shape index (κ1) is 44.5. The fourth-order valence-corrected chi connectivity index (χ4v) is 4.58. The van der Waals surface area contributed by atoms with Crippen molar-refractivity contribution in [3.8, 4) is 0 Å². The van der Waals surface area contributed by atoms with E-state index in [4.69, 9.17) is 29.7 Å². The Morgan fingerprint density at radius 3 is 1.06 bits per heavy atom. The van der Waals surface area contributed by atoms with E-state index in [1.807, 2.05) is 0 Å². The van der Waals surface area contributed by atoms with Gasteiger partial charge in [-0.2, -0.15) is 39.5 Å². The number of quaternary nitrogens is 1. The Bertz CT molecular complexity index is 1220. The van der Waals surface area contributed by atoms with E-state index in [2.05, 4.69) is 57.8 Å². The van der Waals surface area contributed by atoms with Gasteiger partial charge in [0.15, 0.2) is 0 Å². The number of hydrogen-bond acceptors (Lipinski definition) is 10. The number of guanidine groups is 2. The van der Waals surface area contributed by atoms with Crippen LogP contribution < -0.4 is 52.3 Å². The molecule has 2 aliphatic rings. The number of carbonyl (C=O) groups excluding carboxylic acids is 3. The van der Waals surface area contributed by atoms with Gasteiger partial charge in [-0.05, 0) is 47.1 Å². The van der Waals surface area contributed by atoms with E-state index >= 15 is 0 Å². The summed E-state index contributed by atoms with van der Waals surface area (Å²) in [7, 11) is 0. The quantitative estimate of drug-likeness (QED) is 0.126. The summed E-state index contributed by atoms with van der Waals surface area (Å²) in [6.45, 7) is 13.3. The van der Waals surface area contributed by atoms with Crippen molar-refractivity contribution < 1.29 is 84.9 Å². The van der Waals surface area contributed by atoms with Gasteiger partial charge in [0.25, 0.3) is 0 Å². The van der Waals surface area contributed by atoms with E-state index < -0.39 is 36.4 Å². The normalized spacial score (nSPS) is 13.8. The maximum absolute atomic E-state index is 10.5. The molecular weight excluding hydrogens is 689 g/mol. The number of carbonyl (C=O) groups is 3. The lowest BCUT2D eigenvalue weighted by atomic mass is 9.83. The zero-order valence-electron chi connectivity index (χ0n) is 26.6. The van der Waals surface area contributed by atoms with Crippen LogP contribution in [-0.2, 0) is 53.3 Å². The van der Waals surface area contributed by atoms with Crippen LogP contribution in [0.3, 0.4) is 0 Å². The Morgan fingerprint density at radius 1 is 0.612 bits per heavy atom. The number of carboxylic acids is 3. The minimum absolute atomic E-state index is 0.844. The highest BCUT2D eigenvalue weighted by molar-refractivity contribution is 5.75. The van der Waals surface area contributed by atoms with Crippen LogP contribution in [0, 0.1) is 0 Å². The van der Waals surface area contributed by atoms with Crippen LogP contribution in [0.25, 0.3) is 0 Å². The van der Waals surface area contributed by atoms with Crippen LogP contribution >= 0.6 is 0 Å². The third kappa shape index (κ3) is 15.5. The van der Waals surface area contributed by atoms with E-state index in [-0.39, 0.29) is 0 Å². The van der Waals surface area contributed by atoms with Crippen molar-refractivity contribution in [2.75, 3.05) is 26.2 Å². The van der Waals surface area contributed by atoms with E-state index in [9.17, 15) is 39.5 Å². The van der Waals surface area contributed by atoms with Gasteiger partial charge in [-0.15, -0.1) is 0 Å². The Balaban J connectivity index is 0.000000891. The van der Waals surface area contributed by atoms with Crippen molar-refractivity contribution in [2.45, 2.75) is 78.2 Å². The molecular formula is C27H38F9N7O6. The van der Waals surface area contributed by atoms with Crippen molar-refractivity contribution in [1.29, 1.82) is 0 Å². The smallest absolute Gasteiger partial charge is 0.430 e. The molecule has 0 unspecified atom stereocenters. The second-order valence-electron chi connectivity index (χ2n) is 9.70. The number of halogens is 9. The van der Waals surface area contributed by atoms with Crippen LogP contribution in [0.5, 0.6) is 0 Å². The monoisotopic (exact) mass is 727 g/mol. The molecule has 0 fully saturated rings. The zero-order valence-corrected chi connectivity index (χ0v) is 26.6. The highest BCUT2D eigenvalue weighted by Crippen LogP contribution is 2.30. The number of alkyl halides is 9. The molecule has 0 saturated heterocycles. The Hall–Kier alpha value is -4.50. The first-order valence-corrected chi connectivity index (χ1v) is 14.5. The standard InChI is InChI=1S/C21H35N7.3C2HF3O2/c1-4-14-17(11-22)15(5-2)19(13-28-21-25-9-10-26-21)16(6-3)18(14)12-27-20-23-7-8-24-20;3*3-2(4,5)1(6)7/h4-13,22H2,1-3H3,(H2,23,24,27)(H2,25,26,28);3*(H,6,7). The van der Waals surface area contributed by atoms with Gasteiger partial charge in [0, 0.05) is 5.56 Å². The van der Waals surface area contributed by atoms with Crippen molar-refractivity contribution in [1.82, 2.24) is 21.3 Å². The molecule has 13 nitrogen and oxygen atoms in total. The zero-order chi connectivity index (χ0) is 38.2. The maximum Gasteiger partial charge on any atom is 0.430 e. The summed E-state index contributed by atoms with van der Waals surface area (Å²) >= 11 is 0. The highest BCUT2D eigenvalue weighted by Gasteiger charge is 2.30. The number of carboxylic acid groups (broad SMARTS) is 3. The Kier molecular flexibility index (Phi) is 18.3. The first-order valence-electron chi connectivity index (χ1n) is 14.5. The third-order valence-electron chi connectivity index (χ3n) is 6.53. The van der Waals surface area contributed by atoms with Crippen molar-refractivity contribution in [3.63, 3.8) is 0 Å². The van der Waals surface area contributed by atoms with E-state index in [0.717, 1.165) is 77.0 Å². The van der Waals surface area contributed by atoms with Gasteiger partial charge in [0.1, 0.15) is 24.5 Å². The molecule has 1 aromatic carbocycles. The van der Waals surface area contributed by atoms with Crippen LogP contribution in [-0.4, -0.2) is 74.5 Å². The van der Waals surface area contributed by atoms with Crippen LogP contribution in [0.2, 0.25) is 0 Å². The van der Waals surface area contributed by atoms with Gasteiger partial charge in [-0.3, -0.25) is 31.3 Å². The second kappa shape index (κ2) is 20.1. The van der Waals surface area contributed by atoms with Crippen LogP contribution in [0.1, 0.15) is 54.2 Å². The molecule has 280 valence electrons. The molecule has 22 heteroatoms. The summed E-state index contributed by atoms with van der Waals surface area (Å²) in [5.41, 5.74) is 13.1. The lowest BCUT2D eigenvalue weighted by Crippen LogP contribution is -2.73. The van der Waals surface area contributed by atoms with Gasteiger partial charge >= 0.3 is 30.4 Å². The lowest BCUT2D eigenvalue weighted by molar-refractivity contribution is -0.447. The van der Waals surface area contributed by atoms with Gasteiger partial charge in [0.05, 0.1) is 39.3 Å². The largest absolute Gasteiger partial charge is 0.542 e. The number of hydrogen-bond donors (Lipinski definition) is 7. The number of benzene rings is 1. The summed E-state index contributed by atoms with van der Waals surface area (Å²) in [5.74, 6) is -6.92. The van der Waals surface area contributed by atoms with Crippen LogP contribution in [0.4, 0.5) is 39.5 Å². The molecule has 0 bridgehead atoms. The molecule has 3 rings (SSSR count). The minimum atomic E-state index is -5.19. The summed E-state index contributed by atoms with van der Waals surface area (Å²) in [6, 6.07) is 0. The Labute approximate surface area is 274 Å². The molecule has 49 heavy (non-hydrogen) atoms. The van der Waals surface area contributed by atoms with Crippen LogP contribution in [0.15, 0.2) is 0 Å². The molecule has 0 radical (unpaired) electrons. The van der Waals surface area contributed by atoms with Gasteiger partial charge in [-0.1, -0.05) is 20.8 Å². The highest BCUT2D eigenvalue weighted by atomic mass is 19.4. The number of rotatable bonds is 8. The van der Waals surface area contributed by atoms with E-state index in [1.54, 1.807) is 0 Å². The van der Waals surface area contributed by atoms with E-state index in [1.165, 1.54) is 33.4 Å². The van der Waals surface area contributed by atoms with Crippen molar-refractivity contribution in [2.24, 2.45) is 0 Å². The molecule has 2 heterocycles. The number of aliphatic carboxylic acids is 3. The summed E-state index contributed by atoms with van der Waals surface area (Å²) in [6.07, 6.45) is -12.4. The molecule has 2 aliphatic heterocycles.